The fraction of sp³-hybridized carbons (Fsp3) is 0.538. The molecule has 2 aliphatic heterocycles. The van der Waals surface area contributed by atoms with Crippen molar-refractivity contribution in [1.29, 1.82) is 0 Å². The highest BCUT2D eigenvalue weighted by Gasteiger charge is 2.43. The SMILES string of the molecule is COc1ccc([C@@H]2C(C(=O)OC[C@H]3CCCO3)=C(C)NC3=C2C(=O)CC(C)(C)C3)cc1OC. The quantitative estimate of drug-likeness (QED) is 0.649. The average Bonchev–Trinajstić information content (AvgIpc) is 3.28. The summed E-state index contributed by atoms with van der Waals surface area (Å²) in [6, 6.07) is 5.53. The third-order valence-corrected chi connectivity index (χ3v) is 6.62. The molecule has 7 heteroatoms. The van der Waals surface area contributed by atoms with Crippen LogP contribution in [0.25, 0.3) is 0 Å². The first-order valence-corrected chi connectivity index (χ1v) is 11.5. The number of Topliss-reactive ketones (excluding diaryl/α,β-unsaturated/α-hetero) is 1. The van der Waals surface area contributed by atoms with Crippen LogP contribution in [0.2, 0.25) is 0 Å². The molecule has 0 aromatic heterocycles. The van der Waals surface area contributed by atoms with Gasteiger partial charge in [-0.05, 0) is 49.3 Å². The fourth-order valence-corrected chi connectivity index (χ4v) is 5.09. The Morgan fingerprint density at radius 3 is 2.61 bits per heavy atom. The Bertz CT molecular complexity index is 1020. The summed E-state index contributed by atoms with van der Waals surface area (Å²) in [5, 5.41) is 3.36. The van der Waals surface area contributed by atoms with Crippen LogP contribution in [-0.4, -0.2) is 45.3 Å². The molecule has 0 amide bonds. The van der Waals surface area contributed by atoms with Gasteiger partial charge in [0, 0.05) is 35.9 Å². The smallest absolute Gasteiger partial charge is 0.336 e. The van der Waals surface area contributed by atoms with Crippen LogP contribution in [0.3, 0.4) is 0 Å². The van der Waals surface area contributed by atoms with Crippen LogP contribution >= 0.6 is 0 Å². The Morgan fingerprint density at radius 1 is 1.18 bits per heavy atom. The summed E-state index contributed by atoms with van der Waals surface area (Å²) < 4.78 is 22.2. The van der Waals surface area contributed by atoms with E-state index in [-0.39, 0.29) is 23.9 Å². The van der Waals surface area contributed by atoms with Gasteiger partial charge in [-0.2, -0.15) is 0 Å². The molecule has 1 aromatic carbocycles. The van der Waals surface area contributed by atoms with Gasteiger partial charge in [0.25, 0.3) is 0 Å². The molecule has 0 spiro atoms. The number of nitrogens with one attached hydrogen (secondary N) is 1. The Balaban J connectivity index is 1.76. The van der Waals surface area contributed by atoms with E-state index in [2.05, 4.69) is 19.2 Å². The van der Waals surface area contributed by atoms with Gasteiger partial charge in [0.2, 0.25) is 0 Å². The van der Waals surface area contributed by atoms with Crippen LogP contribution in [0.1, 0.15) is 57.9 Å². The lowest BCUT2D eigenvalue weighted by Crippen LogP contribution is -2.39. The molecule has 2 heterocycles. The highest BCUT2D eigenvalue weighted by molar-refractivity contribution is 6.04. The first-order chi connectivity index (χ1) is 15.7. The number of carbonyl (C=O) groups excluding carboxylic acids is 2. The molecule has 1 saturated heterocycles. The van der Waals surface area contributed by atoms with E-state index in [9.17, 15) is 9.59 Å². The minimum absolute atomic E-state index is 0.0467. The van der Waals surface area contributed by atoms with Crippen LogP contribution in [0, 0.1) is 5.41 Å². The minimum atomic E-state index is -0.540. The fourth-order valence-electron chi connectivity index (χ4n) is 5.09. The maximum atomic E-state index is 13.4. The number of rotatable bonds is 6. The number of hydrogen-bond acceptors (Lipinski definition) is 7. The number of hydrogen-bond donors (Lipinski definition) is 1. The zero-order valence-electron chi connectivity index (χ0n) is 20.1. The summed E-state index contributed by atoms with van der Waals surface area (Å²) in [6.07, 6.45) is 2.94. The predicted molar refractivity (Wildman–Crippen MR) is 123 cm³/mol. The van der Waals surface area contributed by atoms with E-state index >= 15 is 0 Å². The highest BCUT2D eigenvalue weighted by Crippen LogP contribution is 2.47. The molecule has 2 atom stereocenters. The molecule has 0 unspecified atom stereocenters. The normalized spacial score (nSPS) is 24.3. The van der Waals surface area contributed by atoms with E-state index in [1.807, 2.05) is 19.1 Å². The molecule has 1 N–H and O–H groups in total. The third kappa shape index (κ3) is 4.64. The average molecular weight is 456 g/mol. The van der Waals surface area contributed by atoms with Gasteiger partial charge in [-0.1, -0.05) is 19.9 Å². The van der Waals surface area contributed by atoms with Crippen molar-refractivity contribution in [3.63, 3.8) is 0 Å². The van der Waals surface area contributed by atoms with Gasteiger partial charge >= 0.3 is 5.97 Å². The van der Waals surface area contributed by atoms with Crippen molar-refractivity contribution in [2.45, 2.75) is 58.5 Å². The standard InChI is InChI=1S/C26H33NO6/c1-15-22(25(29)33-14-17-7-6-10-32-17)23(16-8-9-20(30-4)21(11-16)31-5)24-18(27-15)12-26(2,3)13-19(24)28/h8-9,11,17,23,27H,6-7,10,12-14H2,1-5H3/t17-,23-/m1/s1. The second-order valence-corrected chi connectivity index (χ2v) is 9.78. The summed E-state index contributed by atoms with van der Waals surface area (Å²) in [6.45, 7) is 6.95. The van der Waals surface area contributed by atoms with Gasteiger partial charge < -0.3 is 24.3 Å². The van der Waals surface area contributed by atoms with Crippen LogP contribution in [0.5, 0.6) is 11.5 Å². The van der Waals surface area contributed by atoms with E-state index in [1.165, 1.54) is 0 Å². The van der Waals surface area contributed by atoms with Crippen molar-refractivity contribution in [2.75, 3.05) is 27.4 Å². The van der Waals surface area contributed by atoms with Gasteiger partial charge in [0.1, 0.15) is 6.61 Å². The zero-order valence-corrected chi connectivity index (χ0v) is 20.1. The number of carbonyl (C=O) groups is 2. The summed E-state index contributed by atoms with van der Waals surface area (Å²) in [4.78, 5) is 26.8. The number of methoxy groups -OCH3 is 2. The highest BCUT2D eigenvalue weighted by atomic mass is 16.6. The second-order valence-electron chi connectivity index (χ2n) is 9.78. The molecule has 0 bridgehead atoms. The lowest BCUT2D eigenvalue weighted by atomic mass is 9.68. The Morgan fingerprint density at radius 2 is 1.94 bits per heavy atom. The van der Waals surface area contributed by atoms with Crippen LogP contribution in [-0.2, 0) is 19.1 Å². The van der Waals surface area contributed by atoms with Crippen molar-refractivity contribution in [3.8, 4) is 11.5 Å². The molecule has 4 rings (SSSR count). The first kappa shape index (κ1) is 23.4. The summed E-state index contributed by atoms with van der Waals surface area (Å²) >= 11 is 0. The van der Waals surface area contributed by atoms with E-state index in [1.54, 1.807) is 20.3 Å². The van der Waals surface area contributed by atoms with Crippen molar-refractivity contribution in [3.05, 3.63) is 46.3 Å². The molecule has 1 fully saturated rings. The second kappa shape index (κ2) is 9.21. The molecule has 1 aromatic rings. The first-order valence-electron chi connectivity index (χ1n) is 11.5. The van der Waals surface area contributed by atoms with Crippen LogP contribution in [0.15, 0.2) is 40.7 Å². The van der Waals surface area contributed by atoms with Crippen molar-refractivity contribution in [2.24, 2.45) is 5.41 Å². The summed E-state index contributed by atoms with van der Waals surface area (Å²) in [7, 11) is 3.15. The topological polar surface area (TPSA) is 83.1 Å². The number of allylic oxidation sites excluding steroid dienone is 3. The largest absolute Gasteiger partial charge is 0.493 e. The van der Waals surface area contributed by atoms with Gasteiger partial charge in [-0.15, -0.1) is 0 Å². The Hall–Kier alpha value is -2.80. The van der Waals surface area contributed by atoms with E-state index in [4.69, 9.17) is 18.9 Å². The Kier molecular flexibility index (Phi) is 6.52. The number of benzene rings is 1. The maximum absolute atomic E-state index is 13.4. The maximum Gasteiger partial charge on any atom is 0.336 e. The van der Waals surface area contributed by atoms with E-state index in [0.29, 0.717) is 41.4 Å². The molecule has 3 aliphatic rings. The number of esters is 1. The molecule has 1 aliphatic carbocycles. The molecular weight excluding hydrogens is 422 g/mol. The molecule has 7 nitrogen and oxygen atoms in total. The number of dihydropyridines is 1. The van der Waals surface area contributed by atoms with Gasteiger partial charge in [0.05, 0.1) is 25.9 Å². The zero-order chi connectivity index (χ0) is 23.8. The molecule has 0 radical (unpaired) electrons. The van der Waals surface area contributed by atoms with Crippen LogP contribution in [0.4, 0.5) is 0 Å². The van der Waals surface area contributed by atoms with E-state index < -0.39 is 11.9 Å². The molecule has 0 saturated carbocycles. The van der Waals surface area contributed by atoms with Crippen LogP contribution < -0.4 is 14.8 Å². The number of ketones is 1. The third-order valence-electron chi connectivity index (χ3n) is 6.62. The molecule has 33 heavy (non-hydrogen) atoms. The van der Waals surface area contributed by atoms with Crippen molar-refractivity contribution in [1.82, 2.24) is 5.32 Å². The Labute approximate surface area is 195 Å². The van der Waals surface area contributed by atoms with E-state index in [0.717, 1.165) is 30.5 Å². The summed E-state index contributed by atoms with van der Waals surface area (Å²) in [5.74, 6) is 0.208. The minimum Gasteiger partial charge on any atom is -0.493 e. The molecular formula is C26H33NO6. The summed E-state index contributed by atoms with van der Waals surface area (Å²) in [5.41, 5.74) is 3.31. The van der Waals surface area contributed by atoms with Crippen molar-refractivity contribution >= 4 is 11.8 Å². The number of ether oxygens (including phenoxy) is 4. The van der Waals surface area contributed by atoms with Crippen molar-refractivity contribution < 1.29 is 28.5 Å². The monoisotopic (exact) mass is 455 g/mol. The van der Waals surface area contributed by atoms with Gasteiger partial charge in [-0.3, -0.25) is 4.79 Å². The predicted octanol–water partition coefficient (Wildman–Crippen LogP) is 4.03. The van der Waals surface area contributed by atoms with Gasteiger partial charge in [0.15, 0.2) is 17.3 Å². The lowest BCUT2D eigenvalue weighted by molar-refractivity contribution is -0.142. The van der Waals surface area contributed by atoms with Gasteiger partial charge in [-0.25, -0.2) is 4.79 Å². The molecule has 178 valence electrons. The lowest BCUT2D eigenvalue weighted by Gasteiger charge is -2.39.